The standard InChI is InChI=1S/C13H16N4O3S/c14-11(18)7-3-8(12(15)19)5-9(4-7)17-13(20)10-6-21-2-1-16-10/h3-5,10,16H,1-2,6H2,(H2,14,18)(H2,15,19)(H,17,20). The number of hydrogen-bond acceptors (Lipinski definition) is 5. The Morgan fingerprint density at radius 2 is 1.76 bits per heavy atom. The van der Waals surface area contributed by atoms with Crippen LogP contribution in [0.2, 0.25) is 0 Å². The molecule has 112 valence electrons. The van der Waals surface area contributed by atoms with E-state index >= 15 is 0 Å². The van der Waals surface area contributed by atoms with E-state index in [4.69, 9.17) is 11.5 Å². The maximum Gasteiger partial charge on any atom is 0.248 e. The van der Waals surface area contributed by atoms with Crippen LogP contribution in [0.25, 0.3) is 0 Å². The fourth-order valence-corrected chi connectivity index (χ4v) is 2.88. The van der Waals surface area contributed by atoms with Gasteiger partial charge < -0.3 is 22.1 Å². The van der Waals surface area contributed by atoms with Gasteiger partial charge in [-0.15, -0.1) is 0 Å². The Hall–Kier alpha value is -2.06. The van der Waals surface area contributed by atoms with E-state index in [2.05, 4.69) is 10.6 Å². The Kier molecular flexibility index (Phi) is 4.81. The predicted octanol–water partition coefficient (Wildman–Crippen LogP) is -0.472. The molecule has 1 aromatic carbocycles. The molecule has 0 bridgehead atoms. The molecule has 6 N–H and O–H groups in total. The van der Waals surface area contributed by atoms with Crippen LogP contribution in [0.15, 0.2) is 18.2 Å². The van der Waals surface area contributed by atoms with Crippen molar-refractivity contribution in [3.8, 4) is 0 Å². The summed E-state index contributed by atoms with van der Waals surface area (Å²) in [6.07, 6.45) is 0. The molecule has 3 amide bonds. The summed E-state index contributed by atoms with van der Waals surface area (Å²) >= 11 is 1.69. The average molecular weight is 308 g/mol. The minimum Gasteiger partial charge on any atom is -0.366 e. The van der Waals surface area contributed by atoms with Gasteiger partial charge in [-0.2, -0.15) is 11.8 Å². The summed E-state index contributed by atoms with van der Waals surface area (Å²) in [6, 6.07) is 3.83. The lowest BCUT2D eigenvalue weighted by Gasteiger charge is -2.22. The van der Waals surface area contributed by atoms with Crippen LogP contribution < -0.4 is 22.1 Å². The zero-order chi connectivity index (χ0) is 15.4. The van der Waals surface area contributed by atoms with Crippen molar-refractivity contribution in [2.24, 2.45) is 11.5 Å². The number of nitrogens with one attached hydrogen (secondary N) is 2. The Bertz CT molecular complexity index is 553. The molecule has 1 heterocycles. The summed E-state index contributed by atoms with van der Waals surface area (Å²) in [5.74, 6) is 0.0238. The maximum atomic E-state index is 12.1. The molecule has 0 radical (unpaired) electrons. The second kappa shape index (κ2) is 6.59. The van der Waals surface area contributed by atoms with Crippen molar-refractivity contribution < 1.29 is 14.4 Å². The minimum absolute atomic E-state index is 0.118. The second-order valence-corrected chi connectivity index (χ2v) is 5.75. The van der Waals surface area contributed by atoms with Crippen molar-refractivity contribution >= 4 is 35.2 Å². The SMILES string of the molecule is NC(=O)c1cc(NC(=O)C2CSCCN2)cc(C(N)=O)c1. The first-order valence-electron chi connectivity index (χ1n) is 6.34. The zero-order valence-corrected chi connectivity index (χ0v) is 12.0. The molecule has 1 aliphatic heterocycles. The van der Waals surface area contributed by atoms with Crippen molar-refractivity contribution in [3.63, 3.8) is 0 Å². The highest BCUT2D eigenvalue weighted by molar-refractivity contribution is 7.99. The van der Waals surface area contributed by atoms with E-state index in [1.807, 2.05) is 0 Å². The summed E-state index contributed by atoms with van der Waals surface area (Å²) < 4.78 is 0. The Morgan fingerprint density at radius 1 is 1.14 bits per heavy atom. The highest BCUT2D eigenvalue weighted by Crippen LogP contribution is 2.16. The number of thioether (sulfide) groups is 1. The monoisotopic (exact) mass is 308 g/mol. The van der Waals surface area contributed by atoms with Crippen LogP contribution in [0.3, 0.4) is 0 Å². The van der Waals surface area contributed by atoms with E-state index < -0.39 is 11.8 Å². The van der Waals surface area contributed by atoms with Gasteiger partial charge in [-0.25, -0.2) is 0 Å². The molecule has 0 aromatic heterocycles. The molecule has 21 heavy (non-hydrogen) atoms. The molecule has 2 rings (SSSR count). The number of hydrogen-bond donors (Lipinski definition) is 4. The van der Waals surface area contributed by atoms with Crippen molar-refractivity contribution in [3.05, 3.63) is 29.3 Å². The molecule has 1 saturated heterocycles. The van der Waals surface area contributed by atoms with Gasteiger partial charge >= 0.3 is 0 Å². The molecule has 1 unspecified atom stereocenters. The van der Waals surface area contributed by atoms with Crippen LogP contribution in [0.5, 0.6) is 0 Å². The normalized spacial score (nSPS) is 18.0. The van der Waals surface area contributed by atoms with E-state index in [0.717, 1.165) is 12.3 Å². The first-order valence-corrected chi connectivity index (χ1v) is 7.49. The summed E-state index contributed by atoms with van der Waals surface area (Å²) in [4.78, 5) is 34.6. The molecule has 1 aliphatic rings. The van der Waals surface area contributed by atoms with Gasteiger partial charge in [-0.05, 0) is 18.2 Å². The minimum atomic E-state index is -0.694. The number of nitrogens with two attached hydrogens (primary N) is 2. The zero-order valence-electron chi connectivity index (χ0n) is 11.2. The van der Waals surface area contributed by atoms with Crippen LogP contribution in [0.4, 0.5) is 5.69 Å². The maximum absolute atomic E-state index is 12.1. The molecule has 1 aromatic rings. The fraction of sp³-hybridized carbons (Fsp3) is 0.308. The Balaban J connectivity index is 2.20. The fourth-order valence-electron chi connectivity index (χ4n) is 1.95. The van der Waals surface area contributed by atoms with Gasteiger partial charge in [0.25, 0.3) is 0 Å². The Labute approximate surface area is 125 Å². The summed E-state index contributed by atoms with van der Waals surface area (Å²) in [6.45, 7) is 0.761. The van der Waals surface area contributed by atoms with Gasteiger partial charge in [-0.1, -0.05) is 0 Å². The number of carbonyl (C=O) groups excluding carboxylic acids is 3. The highest BCUT2D eigenvalue weighted by Gasteiger charge is 2.21. The Morgan fingerprint density at radius 3 is 2.24 bits per heavy atom. The number of rotatable bonds is 4. The summed E-state index contributed by atoms with van der Waals surface area (Å²) in [5, 5.41) is 5.77. The first-order chi connectivity index (χ1) is 9.97. The van der Waals surface area contributed by atoms with E-state index in [0.29, 0.717) is 11.4 Å². The van der Waals surface area contributed by atoms with Crippen molar-refractivity contribution in [1.29, 1.82) is 0 Å². The summed E-state index contributed by atoms with van der Waals surface area (Å²) in [5.41, 5.74) is 11.0. The van der Waals surface area contributed by atoms with Gasteiger partial charge in [0.05, 0.1) is 6.04 Å². The van der Waals surface area contributed by atoms with E-state index in [9.17, 15) is 14.4 Å². The van der Waals surface area contributed by atoms with Crippen LogP contribution in [0, 0.1) is 0 Å². The lowest BCUT2D eigenvalue weighted by Crippen LogP contribution is -2.46. The molecule has 1 fully saturated rings. The molecule has 1 atom stereocenters. The van der Waals surface area contributed by atoms with E-state index in [1.54, 1.807) is 11.8 Å². The predicted molar refractivity (Wildman–Crippen MR) is 81.2 cm³/mol. The average Bonchev–Trinajstić information content (AvgIpc) is 2.47. The third-order valence-corrected chi connectivity index (χ3v) is 4.07. The highest BCUT2D eigenvalue weighted by atomic mass is 32.2. The lowest BCUT2D eigenvalue weighted by atomic mass is 10.1. The topological polar surface area (TPSA) is 127 Å². The molecule has 0 spiro atoms. The smallest absolute Gasteiger partial charge is 0.248 e. The van der Waals surface area contributed by atoms with Gasteiger partial charge in [0.1, 0.15) is 0 Å². The molecule has 0 aliphatic carbocycles. The number of anilines is 1. The van der Waals surface area contributed by atoms with Gasteiger partial charge in [0.2, 0.25) is 17.7 Å². The molecular formula is C13H16N4O3S. The molecule has 8 heteroatoms. The van der Waals surface area contributed by atoms with Crippen molar-refractivity contribution in [1.82, 2.24) is 5.32 Å². The third-order valence-electron chi connectivity index (χ3n) is 3.01. The number of benzene rings is 1. The number of primary amides is 2. The van der Waals surface area contributed by atoms with Gasteiger partial charge in [-0.3, -0.25) is 14.4 Å². The first kappa shape index (κ1) is 15.3. The molecule has 0 saturated carbocycles. The number of carbonyl (C=O) groups is 3. The molecule has 7 nitrogen and oxygen atoms in total. The van der Waals surface area contributed by atoms with E-state index in [-0.39, 0.29) is 23.1 Å². The second-order valence-electron chi connectivity index (χ2n) is 4.60. The van der Waals surface area contributed by atoms with Crippen molar-refractivity contribution in [2.75, 3.05) is 23.4 Å². The third kappa shape index (κ3) is 3.96. The van der Waals surface area contributed by atoms with Crippen LogP contribution in [-0.2, 0) is 4.79 Å². The van der Waals surface area contributed by atoms with Crippen LogP contribution in [-0.4, -0.2) is 41.8 Å². The molecular weight excluding hydrogens is 292 g/mol. The van der Waals surface area contributed by atoms with Crippen LogP contribution in [0.1, 0.15) is 20.7 Å². The lowest BCUT2D eigenvalue weighted by molar-refractivity contribution is -0.117. The quantitative estimate of drug-likeness (QED) is 0.598. The van der Waals surface area contributed by atoms with Crippen molar-refractivity contribution in [2.45, 2.75) is 6.04 Å². The van der Waals surface area contributed by atoms with Gasteiger partial charge in [0, 0.05) is 34.9 Å². The largest absolute Gasteiger partial charge is 0.366 e. The van der Waals surface area contributed by atoms with Gasteiger partial charge in [0.15, 0.2) is 0 Å². The van der Waals surface area contributed by atoms with E-state index in [1.165, 1.54) is 18.2 Å². The summed E-state index contributed by atoms with van der Waals surface area (Å²) in [7, 11) is 0. The van der Waals surface area contributed by atoms with Crippen LogP contribution >= 0.6 is 11.8 Å². The number of amides is 3.